The Morgan fingerprint density at radius 1 is 1.59 bits per heavy atom. The van der Waals surface area contributed by atoms with Crippen molar-refractivity contribution in [3.8, 4) is 0 Å². The van der Waals surface area contributed by atoms with Gasteiger partial charge in [0.15, 0.2) is 0 Å². The largest absolute Gasteiger partial charge is 0.324 e. The van der Waals surface area contributed by atoms with E-state index in [0.717, 1.165) is 28.6 Å². The molecule has 1 unspecified atom stereocenters. The fourth-order valence-corrected chi connectivity index (χ4v) is 2.92. The SMILES string of the molecule is CCC1C[C@H](N)c2cc(Br)ccc2N1C(C)=O. The Kier molecular flexibility index (Phi) is 3.54. The van der Waals surface area contributed by atoms with Gasteiger partial charge in [-0.3, -0.25) is 4.79 Å². The van der Waals surface area contributed by atoms with Gasteiger partial charge in [-0.05, 0) is 36.6 Å². The number of fused-ring (bicyclic) bond motifs is 1. The summed E-state index contributed by atoms with van der Waals surface area (Å²) in [4.78, 5) is 13.7. The third-order valence-corrected chi connectivity index (χ3v) is 3.84. The van der Waals surface area contributed by atoms with Crippen molar-refractivity contribution in [1.82, 2.24) is 0 Å². The van der Waals surface area contributed by atoms with Crippen molar-refractivity contribution in [1.29, 1.82) is 0 Å². The van der Waals surface area contributed by atoms with Crippen LogP contribution in [0.4, 0.5) is 5.69 Å². The van der Waals surface area contributed by atoms with Crippen LogP contribution < -0.4 is 10.6 Å². The van der Waals surface area contributed by atoms with Gasteiger partial charge in [0.2, 0.25) is 5.91 Å². The fraction of sp³-hybridized carbons (Fsp3) is 0.462. The van der Waals surface area contributed by atoms with Gasteiger partial charge in [-0.25, -0.2) is 0 Å². The Labute approximate surface area is 110 Å². The van der Waals surface area contributed by atoms with Crippen molar-refractivity contribution in [3.63, 3.8) is 0 Å². The van der Waals surface area contributed by atoms with Crippen LogP contribution in [0.15, 0.2) is 22.7 Å². The molecule has 0 fully saturated rings. The number of amides is 1. The van der Waals surface area contributed by atoms with Crippen LogP contribution in [-0.4, -0.2) is 11.9 Å². The zero-order valence-corrected chi connectivity index (χ0v) is 11.7. The number of nitrogens with zero attached hydrogens (tertiary/aromatic N) is 1. The molecular formula is C13H17BrN2O. The Bertz CT molecular complexity index is 447. The van der Waals surface area contributed by atoms with Crippen LogP contribution in [0.1, 0.15) is 38.3 Å². The second kappa shape index (κ2) is 4.78. The summed E-state index contributed by atoms with van der Waals surface area (Å²) in [6.45, 7) is 3.71. The molecule has 0 saturated carbocycles. The molecule has 92 valence electrons. The molecule has 0 aliphatic carbocycles. The first-order valence-electron chi connectivity index (χ1n) is 5.89. The molecule has 2 atom stereocenters. The number of benzene rings is 1. The monoisotopic (exact) mass is 296 g/mol. The van der Waals surface area contributed by atoms with E-state index in [1.165, 1.54) is 0 Å². The number of carbonyl (C=O) groups excluding carboxylic acids is 1. The van der Waals surface area contributed by atoms with Crippen molar-refractivity contribution < 1.29 is 4.79 Å². The summed E-state index contributed by atoms with van der Waals surface area (Å²) in [5.74, 6) is 0.0901. The Hall–Kier alpha value is -0.870. The van der Waals surface area contributed by atoms with Crippen molar-refractivity contribution in [2.24, 2.45) is 5.73 Å². The number of rotatable bonds is 1. The van der Waals surface area contributed by atoms with E-state index in [-0.39, 0.29) is 18.0 Å². The maximum Gasteiger partial charge on any atom is 0.224 e. The molecule has 1 aromatic rings. The van der Waals surface area contributed by atoms with E-state index in [1.807, 2.05) is 23.1 Å². The summed E-state index contributed by atoms with van der Waals surface area (Å²) in [6.07, 6.45) is 1.77. The summed E-state index contributed by atoms with van der Waals surface area (Å²) >= 11 is 3.45. The number of anilines is 1. The van der Waals surface area contributed by atoms with Crippen molar-refractivity contribution in [2.75, 3.05) is 4.90 Å². The Morgan fingerprint density at radius 3 is 2.88 bits per heavy atom. The molecule has 2 rings (SSSR count). The quantitative estimate of drug-likeness (QED) is 0.866. The van der Waals surface area contributed by atoms with E-state index in [4.69, 9.17) is 5.73 Å². The van der Waals surface area contributed by atoms with E-state index >= 15 is 0 Å². The standard InChI is InChI=1S/C13H17BrN2O/c1-3-10-7-12(15)11-6-9(14)4-5-13(11)16(10)8(2)17/h4-6,10,12H,3,7,15H2,1-2H3/t10?,12-/m0/s1. The fourth-order valence-electron chi connectivity index (χ4n) is 2.54. The maximum absolute atomic E-state index is 11.8. The highest BCUT2D eigenvalue weighted by molar-refractivity contribution is 9.10. The molecule has 0 spiro atoms. The van der Waals surface area contributed by atoms with Gasteiger partial charge in [-0.15, -0.1) is 0 Å². The van der Waals surface area contributed by atoms with Gasteiger partial charge in [0.05, 0.1) is 0 Å². The summed E-state index contributed by atoms with van der Waals surface area (Å²) in [7, 11) is 0. The predicted molar refractivity (Wildman–Crippen MR) is 72.9 cm³/mol. The van der Waals surface area contributed by atoms with Crippen LogP contribution in [0.2, 0.25) is 0 Å². The van der Waals surface area contributed by atoms with Crippen LogP contribution in [0.5, 0.6) is 0 Å². The summed E-state index contributed by atoms with van der Waals surface area (Å²) < 4.78 is 1.00. The van der Waals surface area contributed by atoms with Crippen LogP contribution >= 0.6 is 15.9 Å². The molecule has 1 amide bonds. The van der Waals surface area contributed by atoms with Gasteiger partial charge in [0.25, 0.3) is 0 Å². The summed E-state index contributed by atoms with van der Waals surface area (Å²) in [5.41, 5.74) is 8.20. The minimum atomic E-state index is 0.0167. The highest BCUT2D eigenvalue weighted by Gasteiger charge is 2.31. The highest BCUT2D eigenvalue weighted by atomic mass is 79.9. The molecule has 0 bridgehead atoms. The molecule has 3 nitrogen and oxygen atoms in total. The highest BCUT2D eigenvalue weighted by Crippen LogP contribution is 2.38. The predicted octanol–water partition coefficient (Wildman–Crippen LogP) is 2.98. The van der Waals surface area contributed by atoms with Crippen LogP contribution in [0.25, 0.3) is 0 Å². The molecule has 0 aromatic heterocycles. The number of carbonyl (C=O) groups is 1. The lowest BCUT2D eigenvalue weighted by Gasteiger charge is -2.39. The van der Waals surface area contributed by atoms with E-state index in [2.05, 4.69) is 22.9 Å². The molecule has 1 aliphatic rings. The third kappa shape index (κ3) is 2.24. The third-order valence-electron chi connectivity index (χ3n) is 3.35. The molecule has 4 heteroatoms. The molecule has 17 heavy (non-hydrogen) atoms. The smallest absolute Gasteiger partial charge is 0.224 e. The number of hydrogen-bond acceptors (Lipinski definition) is 2. The van der Waals surface area contributed by atoms with Crippen LogP contribution in [0, 0.1) is 0 Å². The zero-order chi connectivity index (χ0) is 12.6. The van der Waals surface area contributed by atoms with Gasteiger partial charge in [-0.2, -0.15) is 0 Å². The first-order valence-corrected chi connectivity index (χ1v) is 6.68. The lowest BCUT2D eigenvalue weighted by molar-refractivity contribution is -0.117. The number of nitrogens with two attached hydrogens (primary N) is 1. The molecule has 0 saturated heterocycles. The number of hydrogen-bond donors (Lipinski definition) is 1. The van der Waals surface area contributed by atoms with E-state index in [9.17, 15) is 4.79 Å². The maximum atomic E-state index is 11.8. The van der Waals surface area contributed by atoms with Gasteiger partial charge >= 0.3 is 0 Å². The van der Waals surface area contributed by atoms with E-state index < -0.39 is 0 Å². The van der Waals surface area contributed by atoms with Gasteiger partial charge in [-0.1, -0.05) is 22.9 Å². The lowest BCUT2D eigenvalue weighted by Crippen LogP contribution is -2.44. The minimum absolute atomic E-state index is 0.0167. The average Bonchev–Trinajstić information content (AvgIpc) is 2.28. The van der Waals surface area contributed by atoms with E-state index in [1.54, 1.807) is 6.92 Å². The van der Waals surface area contributed by atoms with Crippen LogP contribution in [0.3, 0.4) is 0 Å². The van der Waals surface area contributed by atoms with Crippen molar-refractivity contribution >= 4 is 27.5 Å². The topological polar surface area (TPSA) is 46.3 Å². The zero-order valence-electron chi connectivity index (χ0n) is 10.1. The molecule has 1 heterocycles. The average molecular weight is 297 g/mol. The van der Waals surface area contributed by atoms with E-state index in [0.29, 0.717) is 0 Å². The molecule has 2 N–H and O–H groups in total. The second-order valence-corrected chi connectivity index (χ2v) is 5.41. The normalized spacial score (nSPS) is 23.4. The molecule has 1 aliphatic heterocycles. The Balaban J connectivity index is 2.52. The number of halogens is 1. The van der Waals surface area contributed by atoms with Crippen LogP contribution in [-0.2, 0) is 4.79 Å². The second-order valence-electron chi connectivity index (χ2n) is 4.50. The summed E-state index contributed by atoms with van der Waals surface area (Å²) in [5, 5.41) is 0. The van der Waals surface area contributed by atoms with Crippen molar-refractivity contribution in [3.05, 3.63) is 28.2 Å². The first-order chi connectivity index (χ1) is 8.04. The minimum Gasteiger partial charge on any atom is -0.324 e. The molecule has 0 radical (unpaired) electrons. The lowest BCUT2D eigenvalue weighted by atomic mass is 9.90. The Morgan fingerprint density at radius 2 is 2.29 bits per heavy atom. The molecule has 1 aromatic carbocycles. The van der Waals surface area contributed by atoms with Gasteiger partial charge in [0.1, 0.15) is 0 Å². The first kappa shape index (κ1) is 12.6. The molecular weight excluding hydrogens is 280 g/mol. The van der Waals surface area contributed by atoms with Crippen molar-refractivity contribution in [2.45, 2.75) is 38.8 Å². The van der Waals surface area contributed by atoms with Gasteiger partial charge in [0, 0.05) is 29.2 Å². The van der Waals surface area contributed by atoms with Gasteiger partial charge < -0.3 is 10.6 Å². The summed E-state index contributed by atoms with van der Waals surface area (Å²) in [6, 6.07) is 6.18.